The fourth-order valence-electron chi connectivity index (χ4n) is 2.11. The highest BCUT2D eigenvalue weighted by Gasteiger charge is 2.16. The SMILES string of the molecule is Fc1cc(C#CCCCl)cc(OC2CCCC2)c1. The lowest BCUT2D eigenvalue weighted by Gasteiger charge is -2.13. The molecule has 2 rings (SSSR count). The van der Waals surface area contributed by atoms with Gasteiger partial charge in [-0.1, -0.05) is 11.8 Å². The van der Waals surface area contributed by atoms with E-state index in [0.29, 0.717) is 23.6 Å². The third-order valence-electron chi connectivity index (χ3n) is 2.93. The number of alkyl halides is 1. The summed E-state index contributed by atoms with van der Waals surface area (Å²) in [6.45, 7) is 0. The predicted molar refractivity (Wildman–Crippen MR) is 71.5 cm³/mol. The molecule has 1 saturated carbocycles. The summed E-state index contributed by atoms with van der Waals surface area (Å²) in [5, 5.41) is 0. The zero-order chi connectivity index (χ0) is 12.8. The molecule has 0 aromatic heterocycles. The molecule has 0 heterocycles. The lowest BCUT2D eigenvalue weighted by atomic mass is 10.2. The highest BCUT2D eigenvalue weighted by Crippen LogP contribution is 2.25. The summed E-state index contributed by atoms with van der Waals surface area (Å²) in [5.74, 6) is 6.56. The second kappa shape index (κ2) is 6.66. The van der Waals surface area contributed by atoms with E-state index >= 15 is 0 Å². The van der Waals surface area contributed by atoms with Gasteiger partial charge in [-0.15, -0.1) is 11.6 Å². The van der Waals surface area contributed by atoms with Crippen LogP contribution < -0.4 is 4.74 Å². The Morgan fingerprint density at radius 3 is 2.78 bits per heavy atom. The van der Waals surface area contributed by atoms with E-state index in [9.17, 15) is 4.39 Å². The van der Waals surface area contributed by atoms with Crippen LogP contribution in [-0.2, 0) is 0 Å². The molecule has 18 heavy (non-hydrogen) atoms. The van der Waals surface area contributed by atoms with E-state index in [1.165, 1.54) is 25.0 Å². The Hall–Kier alpha value is -1.20. The van der Waals surface area contributed by atoms with Crippen molar-refractivity contribution in [2.45, 2.75) is 38.2 Å². The average Bonchev–Trinajstić information content (AvgIpc) is 2.81. The normalized spacial score (nSPS) is 15.2. The molecule has 0 N–H and O–H groups in total. The van der Waals surface area contributed by atoms with Crippen LogP contribution in [0.3, 0.4) is 0 Å². The van der Waals surface area contributed by atoms with Crippen LogP contribution in [0.25, 0.3) is 0 Å². The lowest BCUT2D eigenvalue weighted by molar-refractivity contribution is 0.209. The van der Waals surface area contributed by atoms with Gasteiger partial charge in [0.1, 0.15) is 11.6 Å². The number of hydrogen-bond donors (Lipinski definition) is 0. The molecule has 1 fully saturated rings. The van der Waals surface area contributed by atoms with Gasteiger partial charge >= 0.3 is 0 Å². The maximum Gasteiger partial charge on any atom is 0.128 e. The summed E-state index contributed by atoms with van der Waals surface area (Å²) >= 11 is 5.54. The monoisotopic (exact) mass is 266 g/mol. The van der Waals surface area contributed by atoms with Crippen LogP contribution >= 0.6 is 11.6 Å². The standard InChI is InChI=1S/C15H16ClFO/c16-8-4-3-5-12-9-13(17)11-15(10-12)18-14-6-1-2-7-14/h9-11,14H,1-2,4,6-8H2. The Morgan fingerprint density at radius 2 is 2.06 bits per heavy atom. The van der Waals surface area contributed by atoms with Gasteiger partial charge in [-0.2, -0.15) is 0 Å². The second-order valence-electron chi connectivity index (χ2n) is 4.44. The minimum atomic E-state index is -0.305. The van der Waals surface area contributed by atoms with Gasteiger partial charge in [-0.3, -0.25) is 0 Å². The van der Waals surface area contributed by atoms with Crippen molar-refractivity contribution in [3.8, 4) is 17.6 Å². The third-order valence-corrected chi connectivity index (χ3v) is 3.12. The summed E-state index contributed by atoms with van der Waals surface area (Å²) in [6.07, 6.45) is 5.35. The summed E-state index contributed by atoms with van der Waals surface area (Å²) < 4.78 is 19.2. The van der Waals surface area contributed by atoms with E-state index in [4.69, 9.17) is 16.3 Å². The Bertz CT molecular complexity index is 455. The molecule has 0 unspecified atom stereocenters. The minimum Gasteiger partial charge on any atom is -0.490 e. The van der Waals surface area contributed by atoms with Crippen molar-refractivity contribution in [3.05, 3.63) is 29.6 Å². The smallest absolute Gasteiger partial charge is 0.128 e. The molecule has 0 spiro atoms. The van der Waals surface area contributed by atoms with Crippen LogP contribution in [0.4, 0.5) is 4.39 Å². The predicted octanol–water partition coefficient (Wildman–Crippen LogP) is 4.13. The molecule has 1 nitrogen and oxygen atoms in total. The molecule has 0 saturated heterocycles. The molecule has 1 aromatic rings. The van der Waals surface area contributed by atoms with Crippen LogP contribution in [-0.4, -0.2) is 12.0 Å². The van der Waals surface area contributed by atoms with E-state index in [1.807, 2.05) is 0 Å². The summed E-state index contributed by atoms with van der Waals surface area (Å²) in [4.78, 5) is 0. The van der Waals surface area contributed by atoms with Gasteiger partial charge in [0, 0.05) is 23.9 Å². The minimum absolute atomic E-state index is 0.232. The molecular formula is C15H16ClFO. The van der Waals surface area contributed by atoms with Gasteiger partial charge in [-0.25, -0.2) is 4.39 Å². The first-order valence-corrected chi connectivity index (χ1v) is 6.83. The van der Waals surface area contributed by atoms with E-state index in [0.717, 1.165) is 12.8 Å². The maximum atomic E-state index is 13.4. The van der Waals surface area contributed by atoms with Gasteiger partial charge in [0.15, 0.2) is 0 Å². The van der Waals surface area contributed by atoms with E-state index in [2.05, 4.69) is 11.8 Å². The zero-order valence-electron chi connectivity index (χ0n) is 10.2. The molecule has 3 heteroatoms. The Morgan fingerprint density at radius 1 is 1.28 bits per heavy atom. The molecule has 0 amide bonds. The van der Waals surface area contributed by atoms with Crippen molar-refractivity contribution in [3.63, 3.8) is 0 Å². The number of hydrogen-bond acceptors (Lipinski definition) is 1. The van der Waals surface area contributed by atoms with Crippen molar-refractivity contribution in [2.24, 2.45) is 0 Å². The van der Waals surface area contributed by atoms with Crippen molar-refractivity contribution < 1.29 is 9.13 Å². The van der Waals surface area contributed by atoms with Crippen LogP contribution in [0, 0.1) is 17.7 Å². The topological polar surface area (TPSA) is 9.23 Å². The van der Waals surface area contributed by atoms with Crippen LogP contribution in [0.5, 0.6) is 5.75 Å². The molecule has 1 aromatic carbocycles. The van der Waals surface area contributed by atoms with Crippen molar-refractivity contribution in [2.75, 3.05) is 5.88 Å². The fourth-order valence-corrected chi connectivity index (χ4v) is 2.21. The molecule has 1 aliphatic rings. The lowest BCUT2D eigenvalue weighted by Crippen LogP contribution is -2.11. The molecule has 0 bridgehead atoms. The van der Waals surface area contributed by atoms with Gasteiger partial charge < -0.3 is 4.74 Å². The van der Waals surface area contributed by atoms with Gasteiger partial charge in [0.05, 0.1) is 6.10 Å². The molecule has 1 aliphatic carbocycles. The number of rotatable bonds is 3. The molecule has 0 radical (unpaired) electrons. The second-order valence-corrected chi connectivity index (χ2v) is 4.82. The summed E-state index contributed by atoms with van der Waals surface area (Å²) in [7, 11) is 0. The quantitative estimate of drug-likeness (QED) is 0.590. The van der Waals surface area contributed by atoms with E-state index in [-0.39, 0.29) is 11.9 Å². The maximum absolute atomic E-state index is 13.4. The first-order valence-electron chi connectivity index (χ1n) is 6.30. The molecular weight excluding hydrogens is 251 g/mol. The van der Waals surface area contributed by atoms with Crippen LogP contribution in [0.15, 0.2) is 18.2 Å². The van der Waals surface area contributed by atoms with Crippen molar-refractivity contribution in [1.82, 2.24) is 0 Å². The molecule has 0 aliphatic heterocycles. The van der Waals surface area contributed by atoms with Crippen LogP contribution in [0.1, 0.15) is 37.7 Å². The van der Waals surface area contributed by atoms with Crippen molar-refractivity contribution >= 4 is 11.6 Å². The van der Waals surface area contributed by atoms with E-state index < -0.39 is 0 Å². The summed E-state index contributed by atoms with van der Waals surface area (Å²) in [5.41, 5.74) is 0.646. The average molecular weight is 267 g/mol. The highest BCUT2D eigenvalue weighted by molar-refractivity contribution is 6.18. The Labute approximate surface area is 112 Å². The third kappa shape index (κ3) is 3.92. The Kier molecular flexibility index (Phi) is 4.90. The van der Waals surface area contributed by atoms with Gasteiger partial charge in [0.25, 0.3) is 0 Å². The number of benzene rings is 1. The van der Waals surface area contributed by atoms with Crippen LogP contribution in [0.2, 0.25) is 0 Å². The fraction of sp³-hybridized carbons (Fsp3) is 0.467. The largest absolute Gasteiger partial charge is 0.490 e. The number of ether oxygens (including phenoxy) is 1. The first kappa shape index (κ1) is 13.2. The van der Waals surface area contributed by atoms with E-state index in [1.54, 1.807) is 6.07 Å². The Balaban J connectivity index is 2.08. The zero-order valence-corrected chi connectivity index (χ0v) is 11.0. The van der Waals surface area contributed by atoms with Crippen molar-refractivity contribution in [1.29, 1.82) is 0 Å². The number of halogens is 2. The highest BCUT2D eigenvalue weighted by atomic mass is 35.5. The first-order chi connectivity index (χ1) is 8.78. The summed E-state index contributed by atoms with van der Waals surface area (Å²) in [6, 6.07) is 4.64. The molecule has 96 valence electrons. The van der Waals surface area contributed by atoms with Gasteiger partial charge in [0.2, 0.25) is 0 Å². The molecule has 0 atom stereocenters. The van der Waals surface area contributed by atoms with Gasteiger partial charge in [-0.05, 0) is 37.8 Å².